The van der Waals surface area contributed by atoms with Crippen LogP contribution in [0.2, 0.25) is 0 Å². The van der Waals surface area contributed by atoms with E-state index in [1.807, 2.05) is 0 Å². The number of nitrogens with one attached hydrogen (secondary N) is 1. The van der Waals surface area contributed by atoms with E-state index < -0.39 is 12.8 Å². The molecule has 0 saturated heterocycles. The lowest BCUT2D eigenvalue weighted by atomic mass is 10.1. The third-order valence-corrected chi connectivity index (χ3v) is 4.55. The quantitative estimate of drug-likeness (QED) is 0.572. The Morgan fingerprint density at radius 1 is 1.16 bits per heavy atom. The van der Waals surface area contributed by atoms with Gasteiger partial charge in [-0.2, -0.15) is 18.3 Å². The van der Waals surface area contributed by atoms with E-state index in [9.17, 15) is 22.4 Å². The Bertz CT molecular complexity index is 1060. The fourth-order valence-corrected chi connectivity index (χ4v) is 3.02. The van der Waals surface area contributed by atoms with Crippen molar-refractivity contribution in [1.82, 2.24) is 20.1 Å². The first-order valence-electron chi connectivity index (χ1n) is 9.35. The Hall–Kier alpha value is -3.43. The average molecular weight is 436 g/mol. The molecular weight excluding hydrogens is 416 g/mol. The van der Waals surface area contributed by atoms with E-state index in [1.54, 1.807) is 36.7 Å². The van der Waals surface area contributed by atoms with Gasteiger partial charge in [0.2, 0.25) is 11.8 Å². The summed E-state index contributed by atoms with van der Waals surface area (Å²) >= 11 is 0. The van der Waals surface area contributed by atoms with E-state index in [2.05, 4.69) is 15.4 Å². The van der Waals surface area contributed by atoms with Crippen molar-refractivity contribution in [2.45, 2.75) is 33.0 Å². The molecule has 0 radical (unpaired) electrons. The highest BCUT2D eigenvalue weighted by Gasteiger charge is 2.29. The summed E-state index contributed by atoms with van der Waals surface area (Å²) in [6, 6.07) is 8.90. The van der Waals surface area contributed by atoms with Crippen molar-refractivity contribution in [1.29, 1.82) is 0 Å². The summed E-state index contributed by atoms with van der Waals surface area (Å²) in [5, 5.41) is 7.09. The predicted octanol–water partition coefficient (Wildman–Crippen LogP) is 3.82. The molecule has 2 aromatic heterocycles. The molecule has 1 N–H and O–H groups in total. The zero-order valence-electron chi connectivity index (χ0n) is 16.8. The number of aromatic nitrogens is 3. The molecule has 1 amide bonds. The topological polar surface area (TPSA) is 69.0 Å². The number of benzene rings is 1. The summed E-state index contributed by atoms with van der Waals surface area (Å²) in [5.74, 6) is -0.883. The van der Waals surface area contributed by atoms with Crippen molar-refractivity contribution >= 4 is 5.91 Å². The third kappa shape index (κ3) is 5.80. The highest BCUT2D eigenvalue weighted by molar-refractivity contribution is 5.79. The van der Waals surface area contributed by atoms with Crippen LogP contribution in [0.15, 0.2) is 42.6 Å². The lowest BCUT2D eigenvalue weighted by Gasteiger charge is -2.12. The highest BCUT2D eigenvalue weighted by Crippen LogP contribution is 2.21. The predicted molar refractivity (Wildman–Crippen MR) is 104 cm³/mol. The largest absolute Gasteiger partial charge is 0.468 e. The van der Waals surface area contributed by atoms with Crippen molar-refractivity contribution in [3.8, 4) is 11.6 Å². The number of ether oxygens (including phenoxy) is 1. The fraction of sp³-hybridized carbons (Fsp3) is 0.286. The van der Waals surface area contributed by atoms with Gasteiger partial charge in [0.05, 0.1) is 17.8 Å². The van der Waals surface area contributed by atoms with Crippen molar-refractivity contribution < 1.29 is 27.1 Å². The van der Waals surface area contributed by atoms with E-state index >= 15 is 0 Å². The number of amides is 1. The number of nitrogens with zero attached hydrogens (tertiary/aromatic N) is 3. The molecule has 0 spiro atoms. The minimum Gasteiger partial charge on any atom is -0.468 e. The second-order valence-corrected chi connectivity index (χ2v) is 6.86. The molecule has 1 aromatic carbocycles. The molecule has 0 aliphatic heterocycles. The molecule has 0 atom stereocenters. The summed E-state index contributed by atoms with van der Waals surface area (Å²) in [6.45, 7) is 2.06. The zero-order valence-corrected chi connectivity index (χ0v) is 16.8. The summed E-state index contributed by atoms with van der Waals surface area (Å²) in [6.07, 6.45) is -3.15. The molecule has 0 aliphatic carbocycles. The molecule has 2 heterocycles. The average Bonchev–Trinajstić information content (AvgIpc) is 2.99. The number of aryl methyl sites for hydroxylation is 1. The van der Waals surface area contributed by atoms with Crippen molar-refractivity contribution in [3.63, 3.8) is 0 Å². The van der Waals surface area contributed by atoms with Gasteiger partial charge in [0.25, 0.3) is 0 Å². The molecule has 3 rings (SSSR count). The summed E-state index contributed by atoms with van der Waals surface area (Å²) in [7, 11) is 0. The van der Waals surface area contributed by atoms with E-state index in [4.69, 9.17) is 4.74 Å². The van der Waals surface area contributed by atoms with E-state index in [0.29, 0.717) is 22.5 Å². The Labute approximate surface area is 175 Å². The molecular formula is C21H20F4N4O2. The maximum atomic E-state index is 13.2. The molecule has 164 valence electrons. The molecule has 0 saturated carbocycles. The minimum atomic E-state index is -4.49. The number of pyridine rings is 1. The zero-order chi connectivity index (χ0) is 22.6. The van der Waals surface area contributed by atoms with Crippen LogP contribution in [0.4, 0.5) is 17.6 Å². The van der Waals surface area contributed by atoms with Gasteiger partial charge in [-0.05, 0) is 44.2 Å². The van der Waals surface area contributed by atoms with Crippen LogP contribution in [0.3, 0.4) is 0 Å². The van der Waals surface area contributed by atoms with Gasteiger partial charge in [-0.3, -0.25) is 4.79 Å². The number of alkyl halides is 3. The Balaban J connectivity index is 1.67. The van der Waals surface area contributed by atoms with Crippen LogP contribution in [0.1, 0.15) is 22.5 Å². The van der Waals surface area contributed by atoms with Crippen LogP contribution >= 0.6 is 0 Å². The number of halogens is 4. The fourth-order valence-electron chi connectivity index (χ4n) is 3.02. The van der Waals surface area contributed by atoms with Gasteiger partial charge < -0.3 is 10.1 Å². The molecule has 0 fully saturated rings. The molecule has 0 aliphatic rings. The van der Waals surface area contributed by atoms with E-state index in [-0.39, 0.29) is 30.6 Å². The van der Waals surface area contributed by atoms with E-state index in [0.717, 1.165) is 5.69 Å². The number of rotatable bonds is 7. The molecule has 0 unspecified atom stereocenters. The van der Waals surface area contributed by atoms with E-state index in [1.165, 1.54) is 24.4 Å². The highest BCUT2D eigenvalue weighted by atomic mass is 19.4. The van der Waals surface area contributed by atoms with Gasteiger partial charge in [0, 0.05) is 29.6 Å². The number of carbonyl (C=O) groups is 1. The first-order chi connectivity index (χ1) is 14.6. The van der Waals surface area contributed by atoms with Gasteiger partial charge in [-0.25, -0.2) is 14.1 Å². The Morgan fingerprint density at radius 3 is 2.55 bits per heavy atom. The van der Waals surface area contributed by atoms with Gasteiger partial charge in [0.1, 0.15) is 5.82 Å². The first-order valence-corrected chi connectivity index (χ1v) is 9.35. The molecule has 0 bridgehead atoms. The van der Waals surface area contributed by atoms with Crippen LogP contribution in [0, 0.1) is 19.7 Å². The number of hydrogen-bond donors (Lipinski definition) is 1. The van der Waals surface area contributed by atoms with Gasteiger partial charge >= 0.3 is 6.18 Å². The van der Waals surface area contributed by atoms with Crippen molar-refractivity contribution in [2.24, 2.45) is 0 Å². The maximum absolute atomic E-state index is 13.2. The van der Waals surface area contributed by atoms with Crippen molar-refractivity contribution in [3.05, 3.63) is 70.9 Å². The minimum absolute atomic E-state index is 0.0257. The smallest absolute Gasteiger partial charge is 0.422 e. The maximum Gasteiger partial charge on any atom is 0.422 e. The summed E-state index contributed by atoms with van der Waals surface area (Å²) in [4.78, 5) is 16.3. The standard InChI is InChI=1S/C21H20F4N4O2/c1-13-18(14(2)29(28-13)17-7-5-16(22)6-8-17)10-19(30)27-11-15-4-3-9-26-20(15)31-12-21(23,24)25/h3-9H,10-12H2,1-2H3,(H,27,30). The molecule has 31 heavy (non-hydrogen) atoms. The second-order valence-electron chi connectivity index (χ2n) is 6.86. The normalized spacial score (nSPS) is 11.4. The van der Waals surface area contributed by atoms with Crippen LogP contribution in [-0.2, 0) is 17.8 Å². The number of carbonyl (C=O) groups excluding carboxylic acids is 1. The van der Waals surface area contributed by atoms with Gasteiger partial charge in [-0.15, -0.1) is 0 Å². The van der Waals surface area contributed by atoms with Crippen molar-refractivity contribution in [2.75, 3.05) is 6.61 Å². The van der Waals surface area contributed by atoms with Crippen LogP contribution in [0.5, 0.6) is 5.88 Å². The Kier molecular flexibility index (Phi) is 6.57. The Morgan fingerprint density at radius 2 is 1.87 bits per heavy atom. The van der Waals surface area contributed by atoms with Gasteiger partial charge in [0.15, 0.2) is 6.61 Å². The van der Waals surface area contributed by atoms with Crippen LogP contribution in [-0.4, -0.2) is 33.5 Å². The number of hydrogen-bond acceptors (Lipinski definition) is 4. The lowest BCUT2D eigenvalue weighted by molar-refractivity contribution is -0.154. The third-order valence-electron chi connectivity index (χ3n) is 4.55. The monoisotopic (exact) mass is 436 g/mol. The SMILES string of the molecule is Cc1nn(-c2ccc(F)cc2)c(C)c1CC(=O)NCc1cccnc1OCC(F)(F)F. The van der Waals surface area contributed by atoms with Crippen LogP contribution in [0.25, 0.3) is 5.69 Å². The van der Waals surface area contributed by atoms with Gasteiger partial charge in [-0.1, -0.05) is 6.07 Å². The molecule has 6 nitrogen and oxygen atoms in total. The molecule has 10 heteroatoms. The lowest BCUT2D eigenvalue weighted by Crippen LogP contribution is -2.26. The van der Waals surface area contributed by atoms with Crippen LogP contribution < -0.4 is 10.1 Å². The second kappa shape index (κ2) is 9.15. The first kappa shape index (κ1) is 22.3. The molecule has 3 aromatic rings. The summed E-state index contributed by atoms with van der Waals surface area (Å²) < 4.78 is 56.7. The summed E-state index contributed by atoms with van der Waals surface area (Å²) in [5.41, 5.74) is 3.08.